The monoisotopic (exact) mass is 438 g/mol. The summed E-state index contributed by atoms with van der Waals surface area (Å²) in [6.45, 7) is 7.84. The summed E-state index contributed by atoms with van der Waals surface area (Å²) in [5, 5.41) is 17.3. The van der Waals surface area contributed by atoms with E-state index in [0.717, 1.165) is 16.4 Å². The summed E-state index contributed by atoms with van der Waals surface area (Å²) in [7, 11) is 0. The zero-order valence-electron chi connectivity index (χ0n) is 16.1. The average molecular weight is 439 g/mol. The number of hydrogen-bond acceptors (Lipinski definition) is 4. The lowest BCUT2D eigenvalue weighted by atomic mass is 9.86. The van der Waals surface area contributed by atoms with E-state index >= 15 is 0 Å². The number of amides is 2. The van der Waals surface area contributed by atoms with E-state index < -0.39 is 23.3 Å². The Bertz CT molecular complexity index is 839. The van der Waals surface area contributed by atoms with Crippen LogP contribution in [0.15, 0.2) is 22.7 Å². The molecule has 0 aliphatic heterocycles. The van der Waals surface area contributed by atoms with Crippen molar-refractivity contribution in [2.75, 3.05) is 0 Å². The number of rotatable bonds is 7. The molecule has 1 heterocycles. The number of aliphatic hydroxyl groups is 1. The number of halogens is 1. The molecule has 0 radical (unpaired) electrons. The zero-order valence-corrected chi connectivity index (χ0v) is 17.7. The molecular formula is C19H27BrN4O3. The molecule has 1 aromatic carbocycles. The summed E-state index contributed by atoms with van der Waals surface area (Å²) in [4.78, 5) is 24.7. The Morgan fingerprint density at radius 2 is 2.04 bits per heavy atom. The van der Waals surface area contributed by atoms with Gasteiger partial charge in [-0.25, -0.2) is 0 Å². The summed E-state index contributed by atoms with van der Waals surface area (Å²) >= 11 is 3.43. The molecule has 0 spiro atoms. The molecule has 0 aliphatic carbocycles. The summed E-state index contributed by atoms with van der Waals surface area (Å²) in [5.41, 5.74) is 6.03. The van der Waals surface area contributed by atoms with Crippen molar-refractivity contribution in [2.24, 2.45) is 11.1 Å². The van der Waals surface area contributed by atoms with Gasteiger partial charge >= 0.3 is 0 Å². The molecule has 0 saturated heterocycles. The van der Waals surface area contributed by atoms with Crippen molar-refractivity contribution < 1.29 is 14.7 Å². The van der Waals surface area contributed by atoms with Gasteiger partial charge in [-0.2, -0.15) is 5.10 Å². The van der Waals surface area contributed by atoms with Gasteiger partial charge in [-0.15, -0.1) is 0 Å². The van der Waals surface area contributed by atoms with Crippen LogP contribution in [0.3, 0.4) is 0 Å². The molecule has 7 nitrogen and oxygen atoms in total. The number of aromatic nitrogens is 2. The minimum atomic E-state index is -0.812. The predicted molar refractivity (Wildman–Crippen MR) is 108 cm³/mol. The highest BCUT2D eigenvalue weighted by molar-refractivity contribution is 9.10. The maximum absolute atomic E-state index is 12.9. The number of aliphatic hydroxyl groups excluding tert-OH is 1. The summed E-state index contributed by atoms with van der Waals surface area (Å²) < 4.78 is 2.59. The highest BCUT2D eigenvalue weighted by Crippen LogP contribution is 2.25. The number of nitrogens with one attached hydrogen (secondary N) is 1. The van der Waals surface area contributed by atoms with Gasteiger partial charge in [-0.3, -0.25) is 14.3 Å². The smallest absolute Gasteiger partial charge is 0.273 e. The molecule has 0 fully saturated rings. The van der Waals surface area contributed by atoms with Crippen molar-refractivity contribution in [3.8, 4) is 0 Å². The Kier molecular flexibility index (Phi) is 6.64. The summed E-state index contributed by atoms with van der Waals surface area (Å²) in [6, 6.07) is 4.80. The molecule has 2 rings (SSSR count). The first-order valence-corrected chi connectivity index (χ1v) is 9.74. The first kappa shape index (κ1) is 21.4. The lowest BCUT2D eigenvalue weighted by Crippen LogP contribution is -2.52. The van der Waals surface area contributed by atoms with E-state index in [9.17, 15) is 14.7 Å². The lowest BCUT2D eigenvalue weighted by molar-refractivity contribution is -0.122. The fraction of sp³-hybridized carbons (Fsp3) is 0.526. The molecule has 148 valence electrons. The van der Waals surface area contributed by atoms with Crippen molar-refractivity contribution in [1.82, 2.24) is 15.1 Å². The van der Waals surface area contributed by atoms with Crippen LogP contribution < -0.4 is 11.1 Å². The zero-order chi connectivity index (χ0) is 20.4. The second-order valence-electron chi connectivity index (χ2n) is 7.90. The largest absolute Gasteiger partial charge is 0.393 e. The Balaban J connectivity index is 2.37. The van der Waals surface area contributed by atoms with Crippen LogP contribution in [0.5, 0.6) is 0 Å². The van der Waals surface area contributed by atoms with Gasteiger partial charge in [0.15, 0.2) is 5.69 Å². The number of carbonyl (C=O) groups is 2. The molecule has 0 saturated carbocycles. The van der Waals surface area contributed by atoms with E-state index in [-0.39, 0.29) is 11.8 Å². The van der Waals surface area contributed by atoms with Crippen LogP contribution in [-0.2, 0) is 11.3 Å². The van der Waals surface area contributed by atoms with E-state index in [1.54, 1.807) is 11.6 Å². The third-order valence-electron chi connectivity index (χ3n) is 4.35. The molecule has 4 N–H and O–H groups in total. The highest BCUT2D eigenvalue weighted by Gasteiger charge is 2.32. The molecule has 2 amide bonds. The van der Waals surface area contributed by atoms with Crippen LogP contribution >= 0.6 is 15.9 Å². The molecule has 1 aromatic heterocycles. The maximum atomic E-state index is 12.9. The number of nitrogens with zero attached hydrogens (tertiary/aromatic N) is 2. The average Bonchev–Trinajstić information content (AvgIpc) is 2.88. The fourth-order valence-electron chi connectivity index (χ4n) is 2.94. The van der Waals surface area contributed by atoms with Gasteiger partial charge in [-0.1, -0.05) is 36.7 Å². The SMILES string of the molecule is CC(O)CCCn1nc(C(=O)NC(C(N)=O)C(C)(C)C)c2cc(Br)ccc21. The molecule has 2 atom stereocenters. The summed E-state index contributed by atoms with van der Waals surface area (Å²) in [5.74, 6) is -1.02. The Hall–Kier alpha value is -1.93. The first-order valence-electron chi connectivity index (χ1n) is 8.95. The Labute approximate surface area is 167 Å². The molecule has 27 heavy (non-hydrogen) atoms. The molecule has 2 aromatic rings. The van der Waals surface area contributed by atoms with Gasteiger partial charge < -0.3 is 16.2 Å². The van der Waals surface area contributed by atoms with Crippen LogP contribution in [0.1, 0.15) is 51.0 Å². The fourth-order valence-corrected chi connectivity index (χ4v) is 3.30. The van der Waals surface area contributed by atoms with Crippen molar-refractivity contribution in [2.45, 2.75) is 59.2 Å². The van der Waals surface area contributed by atoms with Crippen LogP contribution in [0, 0.1) is 5.41 Å². The number of hydrogen-bond donors (Lipinski definition) is 3. The van der Waals surface area contributed by atoms with Crippen LogP contribution in [-0.4, -0.2) is 38.8 Å². The first-order chi connectivity index (χ1) is 12.5. The van der Waals surface area contributed by atoms with Crippen LogP contribution in [0.2, 0.25) is 0 Å². The topological polar surface area (TPSA) is 110 Å². The highest BCUT2D eigenvalue weighted by atomic mass is 79.9. The Morgan fingerprint density at radius 3 is 2.59 bits per heavy atom. The third kappa shape index (κ3) is 5.29. The number of benzene rings is 1. The molecule has 8 heteroatoms. The Morgan fingerprint density at radius 1 is 1.37 bits per heavy atom. The minimum absolute atomic E-state index is 0.249. The predicted octanol–water partition coefficient (Wildman–Crippen LogP) is 2.59. The van der Waals surface area contributed by atoms with E-state index in [1.807, 2.05) is 39.0 Å². The number of nitrogens with two attached hydrogens (primary N) is 1. The normalized spacial score (nSPS) is 14.1. The van der Waals surface area contributed by atoms with E-state index in [2.05, 4.69) is 26.3 Å². The maximum Gasteiger partial charge on any atom is 0.273 e. The lowest BCUT2D eigenvalue weighted by Gasteiger charge is -2.28. The van der Waals surface area contributed by atoms with Gasteiger partial charge in [0, 0.05) is 16.4 Å². The van der Waals surface area contributed by atoms with E-state index in [0.29, 0.717) is 18.4 Å². The molecular weight excluding hydrogens is 412 g/mol. The second kappa shape index (κ2) is 8.39. The quantitative estimate of drug-likeness (QED) is 0.616. The third-order valence-corrected chi connectivity index (χ3v) is 4.84. The van der Waals surface area contributed by atoms with Crippen molar-refractivity contribution in [3.63, 3.8) is 0 Å². The van der Waals surface area contributed by atoms with Crippen molar-refractivity contribution in [3.05, 3.63) is 28.4 Å². The van der Waals surface area contributed by atoms with E-state index in [4.69, 9.17) is 5.73 Å². The van der Waals surface area contributed by atoms with E-state index in [1.165, 1.54) is 0 Å². The number of carbonyl (C=O) groups excluding carboxylic acids is 2. The van der Waals surface area contributed by atoms with Gasteiger partial charge in [0.1, 0.15) is 6.04 Å². The molecule has 2 unspecified atom stereocenters. The van der Waals surface area contributed by atoms with Crippen molar-refractivity contribution in [1.29, 1.82) is 0 Å². The van der Waals surface area contributed by atoms with Gasteiger partial charge in [0.25, 0.3) is 5.91 Å². The van der Waals surface area contributed by atoms with Crippen LogP contribution in [0.25, 0.3) is 10.9 Å². The van der Waals surface area contributed by atoms with Crippen molar-refractivity contribution >= 4 is 38.6 Å². The number of primary amides is 1. The minimum Gasteiger partial charge on any atom is -0.393 e. The van der Waals surface area contributed by atoms with Gasteiger partial charge in [-0.05, 0) is 43.4 Å². The number of fused-ring (bicyclic) bond motifs is 1. The molecule has 0 aliphatic rings. The second-order valence-corrected chi connectivity index (χ2v) is 8.82. The van der Waals surface area contributed by atoms with Gasteiger partial charge in [0.05, 0.1) is 11.6 Å². The molecule has 0 bridgehead atoms. The number of aryl methyl sites for hydroxylation is 1. The standard InChI is InChI=1S/C19H27BrN4O3/c1-11(25)6-5-9-24-14-8-7-12(20)10-13(14)15(23-24)18(27)22-16(17(21)26)19(2,3)4/h7-8,10-11,16,25H,5-6,9H2,1-4H3,(H2,21,26)(H,22,27). The van der Waals surface area contributed by atoms with Crippen LogP contribution in [0.4, 0.5) is 0 Å². The summed E-state index contributed by atoms with van der Waals surface area (Å²) in [6.07, 6.45) is 0.997. The van der Waals surface area contributed by atoms with Gasteiger partial charge in [0.2, 0.25) is 5.91 Å².